The first kappa shape index (κ1) is 12.3. The molecule has 1 N–H and O–H groups in total. The summed E-state index contributed by atoms with van der Waals surface area (Å²) in [5, 5.41) is 4.04. The van der Waals surface area contributed by atoms with Crippen molar-refractivity contribution in [2.45, 2.75) is 6.54 Å². The minimum atomic E-state index is 0.644. The Morgan fingerprint density at radius 3 is 2.81 bits per heavy atom. The summed E-state index contributed by atoms with van der Waals surface area (Å²) in [6.45, 7) is 0.644. The molecule has 16 heavy (non-hydrogen) atoms. The van der Waals surface area contributed by atoms with Crippen LogP contribution < -0.4 is 5.32 Å². The van der Waals surface area contributed by atoms with Gasteiger partial charge in [0.2, 0.25) is 0 Å². The van der Waals surface area contributed by atoms with E-state index in [2.05, 4.69) is 43.8 Å². The molecule has 1 aromatic carbocycles. The Labute approximate surface area is 121 Å². The van der Waals surface area contributed by atoms with Crippen LogP contribution in [0.1, 0.15) is 5.76 Å². The van der Waals surface area contributed by atoms with Gasteiger partial charge in [-0.25, -0.2) is 0 Å². The summed E-state index contributed by atoms with van der Waals surface area (Å²) in [7, 11) is 0. The minimum Gasteiger partial charge on any atom is -0.466 e. The quantitative estimate of drug-likeness (QED) is 0.725. The lowest BCUT2D eigenvalue weighted by atomic mass is 10.3. The molecule has 0 atom stereocenters. The van der Waals surface area contributed by atoms with E-state index in [0.29, 0.717) is 6.54 Å². The van der Waals surface area contributed by atoms with Crippen LogP contribution in [0.15, 0.2) is 39.4 Å². The van der Waals surface area contributed by atoms with Gasteiger partial charge in [0.25, 0.3) is 0 Å². The predicted octanol–water partition coefficient (Wildman–Crippen LogP) is 4.91. The number of halogens is 3. The SMILES string of the molecule is Clc1ccc(NCc2occc2Br)c(I)c1. The first-order valence-corrected chi connectivity index (χ1v) is 6.82. The molecule has 2 rings (SSSR count). The highest BCUT2D eigenvalue weighted by Gasteiger charge is 2.04. The Hall–Kier alpha value is -0.200. The van der Waals surface area contributed by atoms with Gasteiger partial charge in [-0.3, -0.25) is 0 Å². The fourth-order valence-electron chi connectivity index (χ4n) is 1.26. The Morgan fingerprint density at radius 2 is 2.19 bits per heavy atom. The van der Waals surface area contributed by atoms with E-state index in [-0.39, 0.29) is 0 Å². The molecule has 1 heterocycles. The summed E-state index contributed by atoms with van der Waals surface area (Å²) in [5.41, 5.74) is 1.05. The Balaban J connectivity index is 2.08. The average molecular weight is 412 g/mol. The third kappa shape index (κ3) is 2.93. The molecule has 0 aliphatic carbocycles. The van der Waals surface area contributed by atoms with Crippen molar-refractivity contribution >= 4 is 55.8 Å². The molecule has 0 saturated carbocycles. The molecule has 0 saturated heterocycles. The summed E-state index contributed by atoms with van der Waals surface area (Å²) in [4.78, 5) is 0. The molecule has 0 spiro atoms. The second kappa shape index (κ2) is 5.42. The highest BCUT2D eigenvalue weighted by Crippen LogP contribution is 2.24. The average Bonchev–Trinajstić information content (AvgIpc) is 2.63. The first-order valence-electron chi connectivity index (χ1n) is 4.57. The topological polar surface area (TPSA) is 25.2 Å². The number of rotatable bonds is 3. The lowest BCUT2D eigenvalue weighted by Gasteiger charge is -2.07. The second-order valence-electron chi connectivity index (χ2n) is 3.17. The molecule has 0 bridgehead atoms. The molecule has 2 nitrogen and oxygen atoms in total. The molecule has 2 aromatic rings. The summed E-state index contributed by atoms with van der Waals surface area (Å²) in [5.74, 6) is 0.880. The zero-order valence-corrected chi connectivity index (χ0v) is 12.6. The summed E-state index contributed by atoms with van der Waals surface area (Å²) in [6, 6.07) is 7.62. The number of benzene rings is 1. The summed E-state index contributed by atoms with van der Waals surface area (Å²) < 4.78 is 7.38. The fourth-order valence-corrected chi connectivity index (χ4v) is 2.66. The third-order valence-corrected chi connectivity index (χ3v) is 3.90. The number of nitrogens with one attached hydrogen (secondary N) is 1. The highest BCUT2D eigenvalue weighted by atomic mass is 127. The molecule has 0 aliphatic rings. The van der Waals surface area contributed by atoms with E-state index in [9.17, 15) is 0 Å². The van der Waals surface area contributed by atoms with Gasteiger partial charge < -0.3 is 9.73 Å². The van der Waals surface area contributed by atoms with E-state index in [4.69, 9.17) is 16.0 Å². The number of hydrogen-bond donors (Lipinski definition) is 1. The van der Waals surface area contributed by atoms with Crippen molar-refractivity contribution in [1.82, 2.24) is 0 Å². The molecule has 0 unspecified atom stereocenters. The normalized spacial score (nSPS) is 10.4. The smallest absolute Gasteiger partial charge is 0.136 e. The summed E-state index contributed by atoms with van der Waals surface area (Å²) in [6.07, 6.45) is 1.66. The van der Waals surface area contributed by atoms with Gasteiger partial charge in [0.1, 0.15) is 5.76 Å². The number of furan rings is 1. The molecule has 0 amide bonds. The standard InChI is InChI=1S/C11H8BrClINO/c12-8-3-4-16-11(8)6-15-10-2-1-7(13)5-9(10)14/h1-5,15H,6H2. The number of hydrogen-bond acceptors (Lipinski definition) is 2. The molecular weight excluding hydrogens is 404 g/mol. The van der Waals surface area contributed by atoms with Crippen LogP contribution in [0.3, 0.4) is 0 Å². The van der Waals surface area contributed by atoms with Crippen molar-refractivity contribution in [3.05, 3.63) is 49.4 Å². The molecule has 0 fully saturated rings. The van der Waals surface area contributed by atoms with Crippen molar-refractivity contribution in [3.63, 3.8) is 0 Å². The van der Waals surface area contributed by atoms with Crippen molar-refractivity contribution in [1.29, 1.82) is 0 Å². The van der Waals surface area contributed by atoms with Crippen LogP contribution in [0.25, 0.3) is 0 Å². The van der Waals surface area contributed by atoms with Gasteiger partial charge >= 0.3 is 0 Å². The van der Waals surface area contributed by atoms with E-state index in [0.717, 1.165) is 24.5 Å². The van der Waals surface area contributed by atoms with Crippen LogP contribution in [0.2, 0.25) is 5.02 Å². The van der Waals surface area contributed by atoms with Crippen LogP contribution in [0.5, 0.6) is 0 Å². The van der Waals surface area contributed by atoms with Crippen molar-refractivity contribution < 1.29 is 4.42 Å². The van der Waals surface area contributed by atoms with E-state index < -0.39 is 0 Å². The van der Waals surface area contributed by atoms with Crippen molar-refractivity contribution in [2.75, 3.05) is 5.32 Å². The lowest BCUT2D eigenvalue weighted by Crippen LogP contribution is -2.00. The van der Waals surface area contributed by atoms with Crippen LogP contribution in [-0.2, 0) is 6.54 Å². The molecule has 84 valence electrons. The molecule has 1 aromatic heterocycles. The zero-order valence-electron chi connectivity index (χ0n) is 8.14. The van der Waals surface area contributed by atoms with Gasteiger partial charge in [-0.2, -0.15) is 0 Å². The molecular formula is C11H8BrClINO. The van der Waals surface area contributed by atoms with Crippen LogP contribution in [0.4, 0.5) is 5.69 Å². The van der Waals surface area contributed by atoms with Crippen LogP contribution in [0, 0.1) is 3.57 Å². The lowest BCUT2D eigenvalue weighted by molar-refractivity contribution is 0.516. The van der Waals surface area contributed by atoms with Gasteiger partial charge in [-0.05, 0) is 62.8 Å². The third-order valence-electron chi connectivity index (χ3n) is 2.06. The zero-order chi connectivity index (χ0) is 11.5. The van der Waals surface area contributed by atoms with Crippen molar-refractivity contribution in [3.8, 4) is 0 Å². The second-order valence-corrected chi connectivity index (χ2v) is 5.62. The maximum atomic E-state index is 5.88. The van der Waals surface area contributed by atoms with E-state index >= 15 is 0 Å². The fraction of sp³-hybridized carbons (Fsp3) is 0.0909. The Kier molecular flexibility index (Phi) is 4.16. The first-order chi connectivity index (χ1) is 7.66. The van der Waals surface area contributed by atoms with Crippen LogP contribution in [-0.4, -0.2) is 0 Å². The Bertz CT molecular complexity index is 500. The van der Waals surface area contributed by atoms with Gasteiger partial charge in [-0.15, -0.1) is 0 Å². The van der Waals surface area contributed by atoms with Gasteiger partial charge in [0.05, 0.1) is 17.3 Å². The highest BCUT2D eigenvalue weighted by molar-refractivity contribution is 14.1. The van der Waals surface area contributed by atoms with E-state index in [1.165, 1.54) is 0 Å². The molecule has 5 heteroatoms. The monoisotopic (exact) mass is 411 g/mol. The van der Waals surface area contributed by atoms with Gasteiger partial charge in [-0.1, -0.05) is 11.6 Å². The largest absolute Gasteiger partial charge is 0.466 e. The minimum absolute atomic E-state index is 0.644. The number of anilines is 1. The maximum absolute atomic E-state index is 5.88. The van der Waals surface area contributed by atoms with Crippen LogP contribution >= 0.6 is 50.1 Å². The summed E-state index contributed by atoms with van der Waals surface area (Å²) >= 11 is 11.5. The molecule has 0 radical (unpaired) electrons. The maximum Gasteiger partial charge on any atom is 0.136 e. The van der Waals surface area contributed by atoms with Crippen molar-refractivity contribution in [2.24, 2.45) is 0 Å². The predicted molar refractivity (Wildman–Crippen MR) is 77.9 cm³/mol. The Morgan fingerprint density at radius 1 is 1.38 bits per heavy atom. The van der Waals surface area contributed by atoms with E-state index in [1.54, 1.807) is 6.26 Å². The van der Waals surface area contributed by atoms with E-state index in [1.807, 2.05) is 24.3 Å². The van der Waals surface area contributed by atoms with Gasteiger partial charge in [0.15, 0.2) is 0 Å². The van der Waals surface area contributed by atoms with Gasteiger partial charge in [0, 0.05) is 14.3 Å². The molecule has 0 aliphatic heterocycles.